The summed E-state index contributed by atoms with van der Waals surface area (Å²) in [6, 6.07) is 12.0. The molecule has 0 aliphatic rings. The van der Waals surface area contributed by atoms with Crippen molar-refractivity contribution in [1.82, 2.24) is 0 Å². The summed E-state index contributed by atoms with van der Waals surface area (Å²) in [4.78, 5) is 13.9. The monoisotopic (exact) mass is 337 g/mol. The zero-order valence-electron chi connectivity index (χ0n) is 12.4. The van der Waals surface area contributed by atoms with E-state index < -0.39 is 11.6 Å². The van der Waals surface area contributed by atoms with E-state index in [9.17, 15) is 13.6 Å². The minimum Gasteiger partial charge on any atom is -0.306 e. The number of halogens is 2. The summed E-state index contributed by atoms with van der Waals surface area (Å²) in [7, 11) is 0. The second kappa shape index (κ2) is 8.81. The molecule has 0 aliphatic heterocycles. The number of rotatable bonds is 5. The van der Waals surface area contributed by atoms with Gasteiger partial charge in [-0.2, -0.15) is 0 Å². The van der Waals surface area contributed by atoms with Gasteiger partial charge < -0.3 is 4.90 Å². The number of carbonyl (C=O) groups excluding carboxylic acids is 1. The molecular weight excluding hydrogens is 320 g/mol. The second-order valence-electron chi connectivity index (χ2n) is 4.77. The van der Waals surface area contributed by atoms with Gasteiger partial charge in [0, 0.05) is 39.9 Å². The van der Waals surface area contributed by atoms with Gasteiger partial charge in [0.15, 0.2) is 0 Å². The van der Waals surface area contributed by atoms with Gasteiger partial charge in [0.2, 0.25) is 0 Å². The third kappa shape index (κ3) is 4.49. The van der Waals surface area contributed by atoms with E-state index in [-0.39, 0.29) is 33.3 Å². The number of amides is 1. The van der Waals surface area contributed by atoms with E-state index >= 15 is 0 Å². The first-order valence-corrected chi connectivity index (χ1v) is 6.95. The Balaban J connectivity index is 0.00000242. The number of nitrogens with zero attached hydrogens (tertiary/aromatic N) is 1. The molecule has 22 heavy (non-hydrogen) atoms. The van der Waals surface area contributed by atoms with Crippen molar-refractivity contribution in [1.29, 1.82) is 0 Å². The van der Waals surface area contributed by atoms with E-state index in [0.29, 0.717) is 12.1 Å². The van der Waals surface area contributed by atoms with Crippen LogP contribution in [0.25, 0.3) is 0 Å². The van der Waals surface area contributed by atoms with Crippen LogP contribution in [0.2, 0.25) is 0 Å². The number of hydrogen-bond donors (Lipinski definition) is 0. The van der Waals surface area contributed by atoms with E-state index in [1.165, 1.54) is 11.0 Å². The first-order valence-electron chi connectivity index (χ1n) is 6.95. The first-order chi connectivity index (χ1) is 10.1. The molecule has 0 atom stereocenters. The van der Waals surface area contributed by atoms with Crippen LogP contribution in [0.4, 0.5) is 14.5 Å². The van der Waals surface area contributed by atoms with Crippen LogP contribution in [0.3, 0.4) is 0 Å². The third-order valence-corrected chi connectivity index (χ3v) is 3.20. The Hall–Kier alpha value is -1.52. The molecule has 0 saturated carbocycles. The van der Waals surface area contributed by atoms with Crippen LogP contribution in [-0.4, -0.2) is 12.5 Å². The minimum absolute atomic E-state index is 0. The fourth-order valence-corrected chi connectivity index (χ4v) is 2.08. The molecule has 0 radical (unpaired) electrons. The van der Waals surface area contributed by atoms with Crippen molar-refractivity contribution in [2.75, 3.05) is 11.4 Å². The molecule has 2 nitrogen and oxygen atoms in total. The molecule has 2 aromatic rings. The van der Waals surface area contributed by atoms with Crippen LogP contribution in [0.5, 0.6) is 0 Å². The normalized spacial score (nSPS) is 9.95. The van der Waals surface area contributed by atoms with Crippen molar-refractivity contribution >= 4 is 11.6 Å². The number of anilines is 1. The van der Waals surface area contributed by atoms with Gasteiger partial charge in [0.25, 0.3) is 5.91 Å². The number of carbonyl (C=O) groups is 1. The van der Waals surface area contributed by atoms with Crippen molar-refractivity contribution in [2.24, 2.45) is 0 Å². The maximum atomic E-state index is 14.0. The van der Waals surface area contributed by atoms with E-state index in [0.717, 1.165) is 25.0 Å². The first kappa shape index (κ1) is 18.5. The van der Waals surface area contributed by atoms with Crippen molar-refractivity contribution in [3.05, 3.63) is 65.7 Å². The quantitative estimate of drug-likeness (QED) is 0.740. The Kier molecular flexibility index (Phi) is 7.42. The van der Waals surface area contributed by atoms with Crippen LogP contribution in [0, 0.1) is 11.6 Å². The Morgan fingerprint density at radius 3 is 2.36 bits per heavy atom. The van der Waals surface area contributed by atoms with Gasteiger partial charge in [-0.1, -0.05) is 31.5 Å². The standard InChI is InChI=1S/C17H17F2NO.Ti/c1-2-3-11-20(16-10-9-14(18)12-15(16)19)17(21)13-7-5-4-6-8-13;/h4-10,12H,2-3,11H2,1H3;. The SMILES string of the molecule is CCCCN(C(=O)c1ccccc1)c1ccc(F)cc1F.[Ti]. The Morgan fingerprint density at radius 1 is 1.09 bits per heavy atom. The molecule has 114 valence electrons. The predicted molar refractivity (Wildman–Crippen MR) is 79.4 cm³/mol. The number of benzene rings is 2. The van der Waals surface area contributed by atoms with Crippen LogP contribution in [0.15, 0.2) is 48.5 Å². The van der Waals surface area contributed by atoms with Crippen LogP contribution < -0.4 is 4.90 Å². The van der Waals surface area contributed by atoms with Crippen LogP contribution in [0.1, 0.15) is 30.1 Å². The van der Waals surface area contributed by atoms with Gasteiger partial charge in [-0.25, -0.2) is 8.78 Å². The molecule has 0 bridgehead atoms. The average molecular weight is 337 g/mol. The molecular formula is C17H17F2NOTi. The maximum absolute atomic E-state index is 14.0. The summed E-state index contributed by atoms with van der Waals surface area (Å²) < 4.78 is 27.0. The van der Waals surface area contributed by atoms with Crippen molar-refractivity contribution in [3.63, 3.8) is 0 Å². The van der Waals surface area contributed by atoms with Crippen molar-refractivity contribution in [2.45, 2.75) is 19.8 Å². The number of hydrogen-bond acceptors (Lipinski definition) is 1. The van der Waals surface area contributed by atoms with Gasteiger partial charge >= 0.3 is 0 Å². The van der Waals surface area contributed by atoms with Crippen molar-refractivity contribution in [3.8, 4) is 0 Å². The van der Waals surface area contributed by atoms with Crippen LogP contribution >= 0.6 is 0 Å². The van der Waals surface area contributed by atoms with E-state index in [1.54, 1.807) is 24.3 Å². The topological polar surface area (TPSA) is 20.3 Å². The molecule has 0 unspecified atom stereocenters. The van der Waals surface area contributed by atoms with E-state index in [4.69, 9.17) is 0 Å². The summed E-state index contributed by atoms with van der Waals surface area (Å²) in [6.45, 7) is 2.39. The molecule has 2 rings (SSSR count). The molecule has 1 amide bonds. The Morgan fingerprint density at radius 2 is 1.77 bits per heavy atom. The van der Waals surface area contributed by atoms with Gasteiger partial charge in [0.1, 0.15) is 11.6 Å². The van der Waals surface area contributed by atoms with Crippen LogP contribution in [-0.2, 0) is 21.7 Å². The molecule has 2 aromatic carbocycles. The smallest absolute Gasteiger partial charge is 0.258 e. The molecule has 0 aliphatic carbocycles. The molecule has 0 saturated heterocycles. The zero-order valence-corrected chi connectivity index (χ0v) is 13.9. The Labute approximate surface area is 144 Å². The largest absolute Gasteiger partial charge is 0.306 e. The van der Waals surface area contributed by atoms with E-state index in [1.807, 2.05) is 13.0 Å². The maximum Gasteiger partial charge on any atom is 0.258 e. The summed E-state index contributed by atoms with van der Waals surface area (Å²) in [5, 5.41) is 0. The van der Waals surface area contributed by atoms with E-state index in [2.05, 4.69) is 0 Å². The predicted octanol–water partition coefficient (Wildman–Crippen LogP) is 4.41. The molecule has 0 heterocycles. The van der Waals surface area contributed by atoms with Crippen molar-refractivity contribution < 1.29 is 35.3 Å². The number of unbranched alkanes of at least 4 members (excludes halogenated alkanes) is 1. The molecule has 0 aromatic heterocycles. The average Bonchev–Trinajstić information content (AvgIpc) is 2.50. The molecule has 0 spiro atoms. The minimum atomic E-state index is -0.726. The molecule has 5 heteroatoms. The fourth-order valence-electron chi connectivity index (χ4n) is 2.08. The van der Waals surface area contributed by atoms with Gasteiger partial charge in [-0.3, -0.25) is 4.79 Å². The van der Waals surface area contributed by atoms with Gasteiger partial charge in [0.05, 0.1) is 5.69 Å². The zero-order chi connectivity index (χ0) is 15.2. The Bertz CT molecular complexity index is 619. The molecule has 0 N–H and O–H groups in total. The molecule has 0 fully saturated rings. The summed E-state index contributed by atoms with van der Waals surface area (Å²) >= 11 is 0. The summed E-state index contributed by atoms with van der Waals surface area (Å²) in [6.07, 6.45) is 1.62. The van der Waals surface area contributed by atoms with Gasteiger partial charge in [-0.15, -0.1) is 0 Å². The summed E-state index contributed by atoms with van der Waals surface area (Å²) in [5.41, 5.74) is 0.594. The third-order valence-electron chi connectivity index (χ3n) is 3.20. The van der Waals surface area contributed by atoms with Gasteiger partial charge in [-0.05, 0) is 30.7 Å². The fraction of sp³-hybridized carbons (Fsp3) is 0.235. The summed E-state index contributed by atoms with van der Waals surface area (Å²) in [5.74, 6) is -1.66. The second-order valence-corrected chi connectivity index (χ2v) is 4.77.